The third-order valence-corrected chi connectivity index (χ3v) is 0. The van der Waals surface area contributed by atoms with Crippen LogP contribution in [0.5, 0.6) is 0 Å². The zero-order valence-electron chi connectivity index (χ0n) is 6.30. The number of carbonyl (C=O) groups is 1. The second-order valence-electron chi connectivity index (χ2n) is 0.283. The van der Waals surface area contributed by atoms with Crippen molar-refractivity contribution >= 4 is 6.16 Å². The number of carboxylic acid groups (broad SMARTS) is 2. The van der Waals surface area contributed by atoms with Crippen molar-refractivity contribution in [1.29, 1.82) is 0 Å². The van der Waals surface area contributed by atoms with E-state index in [4.69, 9.17) is 15.0 Å². The Hall–Kier alpha value is 0.706. The Kier molecular flexibility index (Phi) is 393. The molecule has 0 saturated heterocycles. The monoisotopic (exact) mass is 192 g/mol. The maximum Gasteiger partial charge on any atom is 1.00 e. The molecule has 9 heteroatoms. The largest absolute Gasteiger partial charge is 1.00 e. The molecule has 0 fully saturated rings. The van der Waals surface area contributed by atoms with Gasteiger partial charge in [-0.15, -0.1) is 0 Å². The van der Waals surface area contributed by atoms with Gasteiger partial charge in [0.15, 0.2) is 0 Å². The van der Waals surface area contributed by atoms with E-state index in [0.29, 0.717) is 0 Å². The van der Waals surface area contributed by atoms with Crippen LogP contribution in [0.25, 0.3) is 0 Å². The second-order valence-corrected chi connectivity index (χ2v) is 0.283. The van der Waals surface area contributed by atoms with Gasteiger partial charge in [0.05, 0.1) is 0 Å². The van der Waals surface area contributed by atoms with Crippen LogP contribution in [-0.2, 0) is 0 Å². The van der Waals surface area contributed by atoms with Crippen LogP contribution in [0.1, 0.15) is 1.43 Å². The average Bonchev–Trinajstić information content (AvgIpc) is 0.811. The molecule has 66 valence electrons. The predicted molar refractivity (Wildman–Crippen MR) is 29.8 cm³/mol. The fourth-order valence-electron chi connectivity index (χ4n) is 0. The summed E-state index contributed by atoms with van der Waals surface area (Å²) in [6.07, 6.45) is -1.83. The molecule has 0 aliphatic heterocycles. The molecule has 0 heterocycles. The van der Waals surface area contributed by atoms with Gasteiger partial charge < -0.3 is 39.0 Å². The fourth-order valence-corrected chi connectivity index (χ4v) is 0. The van der Waals surface area contributed by atoms with Crippen molar-refractivity contribution in [2.24, 2.45) is 0 Å². The van der Waals surface area contributed by atoms with Gasteiger partial charge in [-0.3, -0.25) is 0 Å². The summed E-state index contributed by atoms with van der Waals surface area (Å²) < 4.78 is 0. The molecule has 0 bridgehead atoms. The van der Waals surface area contributed by atoms with Crippen molar-refractivity contribution in [3.8, 4) is 0 Å². The second kappa shape index (κ2) is 53.6. The molecular formula is CH13KO8. The first-order valence-electron chi connectivity index (χ1n) is 0.651. The molecular weight excluding hydrogens is 179 g/mol. The number of hydrogen-bond acceptors (Lipinski definition) is 1. The van der Waals surface area contributed by atoms with Crippen LogP contribution in [-0.4, -0.2) is 43.7 Å². The maximum absolute atomic E-state index is 8.56. The van der Waals surface area contributed by atoms with Crippen LogP contribution in [0.4, 0.5) is 4.79 Å². The maximum atomic E-state index is 8.56. The average molecular weight is 192 g/mol. The Morgan fingerprint density at radius 3 is 0.900 bits per heavy atom. The van der Waals surface area contributed by atoms with Crippen molar-refractivity contribution in [2.45, 2.75) is 0 Å². The van der Waals surface area contributed by atoms with Gasteiger partial charge in [-0.2, -0.15) is 0 Å². The smallest absolute Gasteiger partial charge is 1.00 e. The molecule has 0 atom stereocenters. The van der Waals surface area contributed by atoms with E-state index in [1.807, 2.05) is 0 Å². The van der Waals surface area contributed by atoms with Crippen molar-refractivity contribution in [2.75, 3.05) is 0 Å². The van der Waals surface area contributed by atoms with E-state index in [2.05, 4.69) is 0 Å². The standard InChI is InChI=1S/CH2O3.K.5H2O.H/c2-1(3)4;;;;;;;/h(H2,2,3,4);;5*1H2;/q;+1;;;;;;-1. The quantitative estimate of drug-likeness (QED) is 0.358. The Morgan fingerprint density at radius 2 is 0.900 bits per heavy atom. The van der Waals surface area contributed by atoms with Gasteiger partial charge in [-0.1, -0.05) is 0 Å². The first-order chi connectivity index (χ1) is 1.73. The number of hydrogen-bond donors (Lipinski definition) is 2. The molecule has 0 unspecified atom stereocenters. The molecule has 10 heavy (non-hydrogen) atoms. The molecule has 0 amide bonds. The van der Waals surface area contributed by atoms with Crippen LogP contribution < -0.4 is 51.4 Å². The topological polar surface area (TPSA) is 215 Å². The molecule has 0 saturated carbocycles. The van der Waals surface area contributed by atoms with Gasteiger partial charge in [0, 0.05) is 0 Å². The van der Waals surface area contributed by atoms with Crippen LogP contribution >= 0.6 is 0 Å². The minimum Gasteiger partial charge on any atom is -1.00 e. The predicted octanol–water partition coefficient (Wildman–Crippen LogP) is -6.78. The summed E-state index contributed by atoms with van der Waals surface area (Å²) in [5.41, 5.74) is 0. The first-order valence-corrected chi connectivity index (χ1v) is 0.651. The van der Waals surface area contributed by atoms with E-state index in [-0.39, 0.29) is 80.2 Å². The van der Waals surface area contributed by atoms with Gasteiger partial charge in [-0.25, -0.2) is 4.79 Å². The molecule has 12 N–H and O–H groups in total. The molecule has 0 aromatic rings. The zero-order chi connectivity index (χ0) is 3.58. The Bertz CT molecular complexity index is 37.1. The van der Waals surface area contributed by atoms with Crippen LogP contribution in [0.3, 0.4) is 0 Å². The van der Waals surface area contributed by atoms with Crippen molar-refractivity contribution in [3.63, 3.8) is 0 Å². The van der Waals surface area contributed by atoms with E-state index in [0.717, 1.165) is 0 Å². The van der Waals surface area contributed by atoms with E-state index in [1.165, 1.54) is 0 Å². The number of rotatable bonds is 0. The Morgan fingerprint density at radius 1 is 0.900 bits per heavy atom. The summed E-state index contributed by atoms with van der Waals surface area (Å²) in [5, 5.41) is 13.9. The summed E-state index contributed by atoms with van der Waals surface area (Å²) in [5.74, 6) is 0. The molecule has 0 aliphatic rings. The van der Waals surface area contributed by atoms with E-state index >= 15 is 0 Å². The minimum absolute atomic E-state index is 0. The van der Waals surface area contributed by atoms with Gasteiger partial charge in [-0.05, 0) is 0 Å². The normalized spacial score (nSPS) is 2.40. The fraction of sp³-hybridized carbons (Fsp3) is 0. The van der Waals surface area contributed by atoms with E-state index < -0.39 is 6.16 Å². The van der Waals surface area contributed by atoms with Gasteiger partial charge in [0.25, 0.3) is 0 Å². The van der Waals surface area contributed by atoms with Crippen LogP contribution in [0.15, 0.2) is 0 Å². The third-order valence-electron chi connectivity index (χ3n) is 0. The first kappa shape index (κ1) is 73.4. The van der Waals surface area contributed by atoms with Gasteiger partial charge >= 0.3 is 57.5 Å². The SMILES string of the molecule is O.O.O.O.O.O=C(O)O.[H-].[K+]. The Balaban J connectivity index is -0.00000000214. The zero-order valence-corrected chi connectivity index (χ0v) is 8.43. The summed E-state index contributed by atoms with van der Waals surface area (Å²) >= 11 is 0. The molecule has 0 aliphatic carbocycles. The molecule has 0 aromatic carbocycles. The molecule has 0 radical (unpaired) electrons. The summed E-state index contributed by atoms with van der Waals surface area (Å²) in [6.45, 7) is 0. The molecule has 0 rings (SSSR count). The van der Waals surface area contributed by atoms with Gasteiger partial charge in [0.2, 0.25) is 0 Å². The minimum atomic E-state index is -1.83. The van der Waals surface area contributed by atoms with Gasteiger partial charge in [0.1, 0.15) is 0 Å². The van der Waals surface area contributed by atoms with Crippen molar-refractivity contribution in [3.05, 3.63) is 0 Å². The van der Waals surface area contributed by atoms with Crippen molar-refractivity contribution in [1.82, 2.24) is 0 Å². The van der Waals surface area contributed by atoms with E-state index in [1.54, 1.807) is 0 Å². The molecule has 0 aromatic heterocycles. The Labute approximate surface area is 100 Å². The van der Waals surface area contributed by atoms with E-state index in [9.17, 15) is 0 Å². The molecule has 0 spiro atoms. The van der Waals surface area contributed by atoms with Crippen molar-refractivity contribution < 1.29 is 95.2 Å². The summed E-state index contributed by atoms with van der Waals surface area (Å²) in [7, 11) is 0. The summed E-state index contributed by atoms with van der Waals surface area (Å²) in [4.78, 5) is 8.56. The third kappa shape index (κ3) is 1040. The molecule has 8 nitrogen and oxygen atoms in total. The van der Waals surface area contributed by atoms with Crippen LogP contribution in [0.2, 0.25) is 0 Å². The summed E-state index contributed by atoms with van der Waals surface area (Å²) in [6, 6.07) is 0. The van der Waals surface area contributed by atoms with Crippen LogP contribution in [0, 0.1) is 0 Å².